The lowest BCUT2D eigenvalue weighted by molar-refractivity contribution is 0.191. The summed E-state index contributed by atoms with van der Waals surface area (Å²) >= 11 is 0. The van der Waals surface area contributed by atoms with Gasteiger partial charge in [-0.1, -0.05) is 38.5 Å². The van der Waals surface area contributed by atoms with Gasteiger partial charge < -0.3 is 5.32 Å². The lowest BCUT2D eigenvalue weighted by Crippen LogP contribution is -2.38. The second-order valence-corrected chi connectivity index (χ2v) is 7.19. The van der Waals surface area contributed by atoms with Crippen molar-refractivity contribution in [2.75, 3.05) is 0 Å². The Labute approximate surface area is 118 Å². The van der Waals surface area contributed by atoms with Gasteiger partial charge in [0.2, 0.25) is 0 Å². The molecular weight excluding hydrogens is 230 g/mol. The first-order chi connectivity index (χ1) is 8.87. The molecule has 0 amide bonds. The highest BCUT2D eigenvalue weighted by Crippen LogP contribution is 2.36. The third kappa shape index (κ3) is 3.82. The van der Waals surface area contributed by atoms with Gasteiger partial charge in [0.1, 0.15) is 0 Å². The van der Waals surface area contributed by atoms with Crippen LogP contribution in [0, 0.1) is 19.3 Å². The molecule has 0 aromatic heterocycles. The Kier molecular flexibility index (Phi) is 4.35. The molecule has 106 valence electrons. The van der Waals surface area contributed by atoms with Crippen LogP contribution in [0.1, 0.15) is 69.2 Å². The predicted octanol–water partition coefficient (Wildman–Crippen LogP) is 4.92. The van der Waals surface area contributed by atoms with Crippen molar-refractivity contribution in [1.82, 2.24) is 5.32 Å². The lowest BCUT2D eigenvalue weighted by Gasteiger charge is -2.37. The van der Waals surface area contributed by atoms with Gasteiger partial charge in [-0.05, 0) is 62.1 Å². The van der Waals surface area contributed by atoms with E-state index in [1.165, 1.54) is 42.4 Å². The minimum atomic E-state index is 0.457. The third-order valence-electron chi connectivity index (χ3n) is 4.72. The van der Waals surface area contributed by atoms with Gasteiger partial charge in [0.15, 0.2) is 0 Å². The first-order valence-corrected chi connectivity index (χ1v) is 7.71. The van der Waals surface area contributed by atoms with Crippen molar-refractivity contribution in [3.05, 3.63) is 34.9 Å². The van der Waals surface area contributed by atoms with Gasteiger partial charge in [0.05, 0.1) is 0 Å². The Hall–Kier alpha value is -0.820. The van der Waals surface area contributed by atoms with E-state index in [1.54, 1.807) is 0 Å². The van der Waals surface area contributed by atoms with Gasteiger partial charge in [-0.15, -0.1) is 0 Å². The zero-order chi connectivity index (χ0) is 14.0. The van der Waals surface area contributed by atoms with E-state index >= 15 is 0 Å². The van der Waals surface area contributed by atoms with Crippen molar-refractivity contribution in [2.45, 2.75) is 72.4 Å². The van der Waals surface area contributed by atoms with Crippen molar-refractivity contribution in [3.63, 3.8) is 0 Å². The molecule has 1 heteroatoms. The highest BCUT2D eigenvalue weighted by Gasteiger charge is 2.28. The molecule has 1 aliphatic rings. The number of nitrogens with one attached hydrogen (secondary N) is 1. The first-order valence-electron chi connectivity index (χ1n) is 7.71. The molecule has 0 radical (unpaired) electrons. The second kappa shape index (κ2) is 5.66. The fourth-order valence-electron chi connectivity index (χ4n) is 3.32. The van der Waals surface area contributed by atoms with Crippen molar-refractivity contribution >= 4 is 0 Å². The number of aryl methyl sites for hydroxylation is 2. The van der Waals surface area contributed by atoms with Gasteiger partial charge in [-0.25, -0.2) is 0 Å². The summed E-state index contributed by atoms with van der Waals surface area (Å²) in [6.07, 6.45) is 5.38. The molecule has 0 spiro atoms. The molecule has 0 aliphatic heterocycles. The van der Waals surface area contributed by atoms with E-state index in [0.29, 0.717) is 17.5 Å². The van der Waals surface area contributed by atoms with E-state index in [1.807, 2.05) is 0 Å². The smallest absolute Gasteiger partial charge is 0.0294 e. The third-order valence-corrected chi connectivity index (χ3v) is 4.72. The van der Waals surface area contributed by atoms with Crippen LogP contribution >= 0.6 is 0 Å². The Bertz CT molecular complexity index is 433. The number of benzene rings is 1. The highest BCUT2D eigenvalue weighted by molar-refractivity contribution is 5.31. The van der Waals surface area contributed by atoms with Crippen LogP contribution in [0.4, 0.5) is 0 Å². The largest absolute Gasteiger partial charge is 0.307 e. The summed E-state index contributed by atoms with van der Waals surface area (Å²) in [4.78, 5) is 0. The fraction of sp³-hybridized carbons (Fsp3) is 0.667. The van der Waals surface area contributed by atoms with E-state index in [4.69, 9.17) is 0 Å². The predicted molar refractivity (Wildman–Crippen MR) is 83.5 cm³/mol. The van der Waals surface area contributed by atoms with Gasteiger partial charge in [-0.3, -0.25) is 0 Å². The number of hydrogen-bond donors (Lipinski definition) is 1. The van der Waals surface area contributed by atoms with Crippen molar-refractivity contribution in [3.8, 4) is 0 Å². The van der Waals surface area contributed by atoms with Gasteiger partial charge in [0.25, 0.3) is 0 Å². The highest BCUT2D eigenvalue weighted by atomic mass is 14.9. The quantitative estimate of drug-likeness (QED) is 0.812. The summed E-state index contributed by atoms with van der Waals surface area (Å²) in [5.41, 5.74) is 4.72. The summed E-state index contributed by atoms with van der Waals surface area (Å²) in [7, 11) is 0. The first kappa shape index (κ1) is 14.6. The van der Waals surface area contributed by atoms with Crippen molar-refractivity contribution in [1.29, 1.82) is 0 Å². The van der Waals surface area contributed by atoms with Crippen LogP contribution in [0.3, 0.4) is 0 Å². The molecule has 19 heavy (non-hydrogen) atoms. The average molecular weight is 259 g/mol. The van der Waals surface area contributed by atoms with Gasteiger partial charge in [0, 0.05) is 12.1 Å². The molecule has 1 nitrogen and oxygen atoms in total. The molecule has 1 N–H and O–H groups in total. The summed E-state index contributed by atoms with van der Waals surface area (Å²) in [5, 5.41) is 3.84. The zero-order valence-electron chi connectivity index (χ0n) is 13.2. The lowest BCUT2D eigenvalue weighted by atomic mass is 9.75. The second-order valence-electron chi connectivity index (χ2n) is 7.19. The minimum absolute atomic E-state index is 0.457. The van der Waals surface area contributed by atoms with Gasteiger partial charge >= 0.3 is 0 Å². The van der Waals surface area contributed by atoms with E-state index < -0.39 is 0 Å². The molecular formula is C18H29N. The minimum Gasteiger partial charge on any atom is -0.307 e. The Morgan fingerprint density at radius 1 is 1.21 bits per heavy atom. The molecule has 1 aliphatic carbocycles. The van der Waals surface area contributed by atoms with Crippen LogP contribution in [0.25, 0.3) is 0 Å². The number of hydrogen-bond acceptors (Lipinski definition) is 1. The summed E-state index contributed by atoms with van der Waals surface area (Å²) in [6.45, 7) is 11.5. The fourth-order valence-corrected chi connectivity index (χ4v) is 3.32. The van der Waals surface area contributed by atoms with E-state index in [2.05, 4.69) is 58.1 Å². The summed E-state index contributed by atoms with van der Waals surface area (Å²) < 4.78 is 0. The van der Waals surface area contributed by atoms with Crippen LogP contribution in [0.5, 0.6) is 0 Å². The summed E-state index contributed by atoms with van der Waals surface area (Å²) in [5.74, 6) is 0. The van der Waals surface area contributed by atoms with Crippen molar-refractivity contribution in [2.24, 2.45) is 5.41 Å². The van der Waals surface area contributed by atoms with E-state index in [-0.39, 0.29) is 0 Å². The number of rotatable bonds is 3. The topological polar surface area (TPSA) is 12.0 Å². The van der Waals surface area contributed by atoms with E-state index in [9.17, 15) is 0 Å². The van der Waals surface area contributed by atoms with Crippen molar-refractivity contribution < 1.29 is 0 Å². The van der Waals surface area contributed by atoms with Crippen LogP contribution < -0.4 is 5.32 Å². The molecule has 2 atom stereocenters. The zero-order valence-corrected chi connectivity index (χ0v) is 13.2. The Morgan fingerprint density at radius 2 is 1.95 bits per heavy atom. The normalized spacial score (nSPS) is 24.2. The Balaban J connectivity index is 2.00. The molecule has 1 aromatic rings. The molecule has 1 fully saturated rings. The Morgan fingerprint density at radius 3 is 2.58 bits per heavy atom. The van der Waals surface area contributed by atoms with Crippen LogP contribution in [-0.2, 0) is 0 Å². The SMILES string of the molecule is Cc1ccc(C(C)NC2CCCC(C)(C)C2)cc1C. The van der Waals surface area contributed by atoms with Crippen LogP contribution in [-0.4, -0.2) is 6.04 Å². The molecule has 2 rings (SSSR count). The average Bonchev–Trinajstić information content (AvgIpc) is 2.31. The monoisotopic (exact) mass is 259 g/mol. The van der Waals surface area contributed by atoms with Crippen LogP contribution in [0.2, 0.25) is 0 Å². The summed E-state index contributed by atoms with van der Waals surface area (Å²) in [6, 6.07) is 7.99. The van der Waals surface area contributed by atoms with Crippen LogP contribution in [0.15, 0.2) is 18.2 Å². The maximum Gasteiger partial charge on any atom is 0.0294 e. The molecule has 2 unspecified atom stereocenters. The molecule has 0 saturated heterocycles. The van der Waals surface area contributed by atoms with Gasteiger partial charge in [-0.2, -0.15) is 0 Å². The van der Waals surface area contributed by atoms with E-state index in [0.717, 1.165) is 0 Å². The maximum absolute atomic E-state index is 3.84. The molecule has 1 aromatic carbocycles. The molecule has 1 saturated carbocycles. The standard InChI is InChI=1S/C18H29N/c1-13-8-9-16(11-14(13)2)15(3)19-17-7-6-10-18(4,5)12-17/h8-9,11,15,17,19H,6-7,10,12H2,1-5H3. The maximum atomic E-state index is 3.84. The molecule has 0 heterocycles. The molecule has 0 bridgehead atoms.